The van der Waals surface area contributed by atoms with Crippen LogP contribution in [0.2, 0.25) is 0 Å². The molecular weight excluding hydrogens is 338 g/mol. The van der Waals surface area contributed by atoms with Gasteiger partial charge >= 0.3 is 6.09 Å². The zero-order valence-corrected chi connectivity index (χ0v) is 15.1. The monoisotopic (exact) mass is 363 g/mol. The molecule has 1 aliphatic carbocycles. The van der Waals surface area contributed by atoms with E-state index in [1.54, 1.807) is 17.8 Å². The van der Waals surface area contributed by atoms with Gasteiger partial charge in [-0.25, -0.2) is 4.79 Å². The maximum Gasteiger partial charge on any atom is 0.407 e. The van der Waals surface area contributed by atoms with Gasteiger partial charge in [0.15, 0.2) is 5.78 Å². The van der Waals surface area contributed by atoms with E-state index in [1.807, 2.05) is 18.2 Å². The van der Waals surface area contributed by atoms with E-state index in [-0.39, 0.29) is 25.0 Å². The van der Waals surface area contributed by atoms with Gasteiger partial charge in [-0.3, -0.25) is 4.79 Å². The maximum atomic E-state index is 13.0. The molecule has 25 heavy (non-hydrogen) atoms. The fourth-order valence-corrected chi connectivity index (χ4v) is 4.73. The van der Waals surface area contributed by atoms with Crippen LogP contribution in [0, 0.1) is 5.41 Å². The molecule has 136 valence electrons. The molecule has 1 aliphatic heterocycles. The Kier molecular flexibility index (Phi) is 6.02. The van der Waals surface area contributed by atoms with Crippen molar-refractivity contribution in [2.24, 2.45) is 5.41 Å². The van der Waals surface area contributed by atoms with Crippen LogP contribution in [0.1, 0.15) is 48.9 Å². The Morgan fingerprint density at radius 2 is 2.04 bits per heavy atom. The van der Waals surface area contributed by atoms with Crippen LogP contribution < -0.4 is 5.32 Å². The number of rotatable bonds is 4. The van der Waals surface area contributed by atoms with Crippen molar-refractivity contribution in [1.29, 1.82) is 0 Å². The first-order valence-electron chi connectivity index (χ1n) is 8.95. The van der Waals surface area contributed by atoms with Crippen molar-refractivity contribution in [2.75, 3.05) is 19.0 Å². The van der Waals surface area contributed by atoms with Gasteiger partial charge in [0.25, 0.3) is 0 Å². The van der Waals surface area contributed by atoms with Gasteiger partial charge in [-0.2, -0.15) is 0 Å². The van der Waals surface area contributed by atoms with Crippen molar-refractivity contribution >= 4 is 23.6 Å². The summed E-state index contributed by atoms with van der Waals surface area (Å²) in [5.41, 5.74) is -0.445. The lowest BCUT2D eigenvalue weighted by atomic mass is 9.79. The van der Waals surface area contributed by atoms with Gasteiger partial charge in [0.2, 0.25) is 0 Å². The second-order valence-electron chi connectivity index (χ2n) is 6.92. The predicted octanol–water partition coefficient (Wildman–Crippen LogP) is 3.40. The summed E-state index contributed by atoms with van der Waals surface area (Å²) in [4.78, 5) is 26.1. The summed E-state index contributed by atoms with van der Waals surface area (Å²) in [7, 11) is 0. The van der Waals surface area contributed by atoms with Crippen molar-refractivity contribution in [1.82, 2.24) is 5.32 Å². The summed E-state index contributed by atoms with van der Waals surface area (Å²) in [5, 5.41) is 12.8. The highest BCUT2D eigenvalue weighted by molar-refractivity contribution is 7.99. The van der Waals surface area contributed by atoms with Crippen LogP contribution in [0.25, 0.3) is 0 Å². The SMILES string of the molecule is O=C(NC1CCCCC1)OCC1(CO)CCSc2ccccc2C1=O. The lowest BCUT2D eigenvalue weighted by molar-refractivity contribution is 0.0308. The molecule has 6 heteroatoms. The van der Waals surface area contributed by atoms with E-state index < -0.39 is 11.5 Å². The number of amides is 1. The molecule has 1 aromatic carbocycles. The minimum atomic E-state index is -1.05. The van der Waals surface area contributed by atoms with Gasteiger partial charge in [0.1, 0.15) is 6.61 Å². The molecule has 0 radical (unpaired) electrons. The quantitative estimate of drug-likeness (QED) is 0.857. The Labute approximate surface area is 152 Å². The average Bonchev–Trinajstić information content (AvgIpc) is 2.78. The van der Waals surface area contributed by atoms with Crippen LogP contribution in [0.5, 0.6) is 0 Å². The summed E-state index contributed by atoms with van der Waals surface area (Å²) in [6, 6.07) is 7.58. The number of Topliss-reactive ketones (excluding diaryl/α,β-unsaturated/α-hetero) is 1. The van der Waals surface area contributed by atoms with E-state index >= 15 is 0 Å². The number of alkyl carbamates (subject to hydrolysis) is 1. The number of nitrogens with one attached hydrogen (secondary N) is 1. The molecule has 1 heterocycles. The van der Waals surface area contributed by atoms with Crippen LogP contribution in [-0.4, -0.2) is 42.0 Å². The van der Waals surface area contributed by atoms with E-state index in [1.165, 1.54) is 6.42 Å². The summed E-state index contributed by atoms with van der Waals surface area (Å²) in [6.45, 7) is -0.410. The Balaban J connectivity index is 1.66. The Bertz CT molecular complexity index is 630. The van der Waals surface area contributed by atoms with E-state index in [0.29, 0.717) is 17.7 Å². The first kappa shape index (κ1) is 18.3. The third-order valence-electron chi connectivity index (χ3n) is 5.16. The minimum absolute atomic E-state index is 0.0875. The first-order chi connectivity index (χ1) is 12.1. The summed E-state index contributed by atoms with van der Waals surface area (Å²) in [6.07, 6.45) is 5.41. The van der Waals surface area contributed by atoms with Gasteiger partial charge in [-0.15, -0.1) is 11.8 Å². The predicted molar refractivity (Wildman–Crippen MR) is 97.0 cm³/mol. The second-order valence-corrected chi connectivity index (χ2v) is 8.05. The Morgan fingerprint density at radius 1 is 1.28 bits per heavy atom. The molecule has 1 saturated carbocycles. The number of carbonyl (C=O) groups excluding carboxylic acids is 2. The molecule has 2 N–H and O–H groups in total. The maximum absolute atomic E-state index is 13.0. The third kappa shape index (κ3) is 4.18. The van der Waals surface area contributed by atoms with Gasteiger partial charge in [0.05, 0.1) is 12.0 Å². The fourth-order valence-electron chi connectivity index (χ4n) is 3.53. The summed E-state index contributed by atoms with van der Waals surface area (Å²) < 4.78 is 5.38. The van der Waals surface area contributed by atoms with Gasteiger partial charge in [0, 0.05) is 16.5 Å². The number of fused-ring (bicyclic) bond motifs is 1. The number of carbonyl (C=O) groups is 2. The van der Waals surface area contributed by atoms with Gasteiger partial charge in [-0.1, -0.05) is 37.5 Å². The number of hydrogen-bond acceptors (Lipinski definition) is 5. The summed E-state index contributed by atoms with van der Waals surface area (Å²) >= 11 is 1.61. The highest BCUT2D eigenvalue weighted by Crippen LogP contribution is 2.38. The van der Waals surface area contributed by atoms with Crippen LogP contribution in [-0.2, 0) is 4.74 Å². The normalized spacial score (nSPS) is 24.3. The molecule has 1 atom stereocenters. The van der Waals surface area contributed by atoms with E-state index in [9.17, 15) is 14.7 Å². The number of thioether (sulfide) groups is 1. The zero-order valence-electron chi connectivity index (χ0n) is 14.3. The highest BCUT2D eigenvalue weighted by Gasteiger charge is 2.42. The molecule has 0 saturated heterocycles. The molecule has 1 aromatic rings. The van der Waals surface area contributed by atoms with E-state index in [2.05, 4.69) is 5.32 Å². The number of ketones is 1. The standard InChI is InChI=1S/C19H25NO4S/c21-12-19(13-24-18(23)20-14-6-2-1-3-7-14)10-11-25-16-9-5-4-8-15(16)17(19)22/h4-5,8-9,14,21H,1-3,6-7,10-13H2,(H,20,23). The first-order valence-corrected chi connectivity index (χ1v) is 9.94. The Hall–Kier alpha value is -1.53. The highest BCUT2D eigenvalue weighted by atomic mass is 32.2. The second kappa shape index (κ2) is 8.23. The summed E-state index contributed by atoms with van der Waals surface area (Å²) in [5.74, 6) is 0.567. The molecule has 3 rings (SSSR count). The Morgan fingerprint density at radius 3 is 2.80 bits per heavy atom. The van der Waals surface area contributed by atoms with Crippen LogP contribution in [0.4, 0.5) is 4.79 Å². The van der Waals surface area contributed by atoms with E-state index in [0.717, 1.165) is 30.6 Å². The topological polar surface area (TPSA) is 75.6 Å². The van der Waals surface area contributed by atoms with Crippen LogP contribution in [0.3, 0.4) is 0 Å². The number of aliphatic hydroxyl groups is 1. The molecular formula is C19H25NO4S. The smallest absolute Gasteiger partial charge is 0.407 e. The number of aliphatic hydroxyl groups excluding tert-OH is 1. The lowest BCUT2D eigenvalue weighted by Gasteiger charge is -2.29. The van der Waals surface area contributed by atoms with Crippen molar-refractivity contribution < 1.29 is 19.4 Å². The fraction of sp³-hybridized carbons (Fsp3) is 0.579. The largest absolute Gasteiger partial charge is 0.448 e. The van der Waals surface area contributed by atoms with Crippen LogP contribution in [0.15, 0.2) is 29.2 Å². The minimum Gasteiger partial charge on any atom is -0.448 e. The molecule has 5 nitrogen and oxygen atoms in total. The number of hydrogen-bond donors (Lipinski definition) is 2. The zero-order chi connectivity index (χ0) is 17.7. The van der Waals surface area contributed by atoms with Crippen molar-refractivity contribution in [3.05, 3.63) is 29.8 Å². The third-order valence-corrected chi connectivity index (χ3v) is 6.24. The molecule has 0 spiro atoms. The molecule has 0 bridgehead atoms. The van der Waals surface area contributed by atoms with Gasteiger partial charge < -0.3 is 15.2 Å². The lowest BCUT2D eigenvalue weighted by Crippen LogP contribution is -2.43. The molecule has 1 amide bonds. The van der Waals surface area contributed by atoms with Crippen molar-refractivity contribution in [2.45, 2.75) is 49.5 Å². The van der Waals surface area contributed by atoms with Crippen molar-refractivity contribution in [3.63, 3.8) is 0 Å². The van der Waals surface area contributed by atoms with Crippen LogP contribution >= 0.6 is 11.8 Å². The van der Waals surface area contributed by atoms with Crippen molar-refractivity contribution in [3.8, 4) is 0 Å². The number of benzene rings is 1. The average molecular weight is 363 g/mol. The molecule has 0 aromatic heterocycles. The number of ether oxygens (including phenoxy) is 1. The molecule has 1 fully saturated rings. The van der Waals surface area contributed by atoms with E-state index in [4.69, 9.17) is 4.74 Å². The molecule has 1 unspecified atom stereocenters. The van der Waals surface area contributed by atoms with Gasteiger partial charge in [-0.05, 0) is 31.1 Å². The molecule has 2 aliphatic rings.